The van der Waals surface area contributed by atoms with Crippen LogP contribution in [0.2, 0.25) is 0 Å². The Morgan fingerprint density at radius 1 is 1.00 bits per heavy atom. The number of halogens is 4. The monoisotopic (exact) mass is 589 g/mol. The van der Waals surface area contributed by atoms with Crippen LogP contribution < -0.4 is 0 Å². The fraction of sp³-hybridized carbons (Fsp3) is 0.393. The Balaban J connectivity index is 0.00000588. The van der Waals surface area contributed by atoms with Gasteiger partial charge in [0, 0.05) is 36.5 Å². The van der Waals surface area contributed by atoms with E-state index < -0.39 is 60.3 Å². The third-order valence-corrected chi connectivity index (χ3v) is 6.36. The molecule has 0 aliphatic rings. The van der Waals surface area contributed by atoms with E-state index in [0.717, 1.165) is 11.0 Å². The molecule has 3 rings (SSSR count). The summed E-state index contributed by atoms with van der Waals surface area (Å²) in [6, 6.07) is 6.53. The molecule has 13 heteroatoms. The second kappa shape index (κ2) is 14.9. The number of rotatable bonds is 12. The Kier molecular flexibility index (Phi) is 12.5. The van der Waals surface area contributed by atoms with Crippen LogP contribution in [-0.2, 0) is 17.8 Å². The number of carboxylic acid groups (broad SMARTS) is 1. The Morgan fingerprint density at radius 3 is 2.22 bits per heavy atom. The Morgan fingerprint density at radius 2 is 1.63 bits per heavy atom. The molecule has 1 heterocycles. The molecule has 2 aromatic carbocycles. The molecule has 0 aliphatic carbocycles. The molecular weight excluding hydrogens is 557 g/mol. The first-order valence-corrected chi connectivity index (χ1v) is 12.6. The van der Waals surface area contributed by atoms with Gasteiger partial charge in [-0.25, -0.2) is 22.2 Å². The van der Waals surface area contributed by atoms with Crippen molar-refractivity contribution < 1.29 is 42.5 Å². The van der Waals surface area contributed by atoms with Crippen LogP contribution in [-0.4, -0.2) is 90.7 Å². The van der Waals surface area contributed by atoms with Crippen molar-refractivity contribution in [1.82, 2.24) is 14.7 Å². The summed E-state index contributed by atoms with van der Waals surface area (Å²) in [4.78, 5) is 25.4. The predicted octanol–water partition coefficient (Wildman–Crippen LogP) is 3.70. The van der Waals surface area contributed by atoms with Crippen LogP contribution in [0.5, 0.6) is 0 Å². The van der Waals surface area contributed by atoms with E-state index in [4.69, 9.17) is 5.11 Å². The molecule has 0 spiro atoms. The van der Waals surface area contributed by atoms with Gasteiger partial charge in [0.1, 0.15) is 11.6 Å². The minimum atomic E-state index is -1.38. The molecule has 0 bridgehead atoms. The van der Waals surface area contributed by atoms with Gasteiger partial charge in [-0.05, 0) is 55.5 Å². The summed E-state index contributed by atoms with van der Waals surface area (Å²) in [5.74, 6) is -6.29. The first-order valence-electron chi connectivity index (χ1n) is 12.6. The van der Waals surface area contributed by atoms with E-state index >= 15 is 0 Å². The first kappa shape index (κ1) is 34.4. The standard InChI is InChI=1S/C28H31F4N3O5.Na.H/c1-15(2)25-23(9-8-20(36)12-21(37)13-24(38)39)35(19-6-4-17(29)5-7-19)33-27(25)28(40)34(3)14-16-10-18(30)11-22(31)26(16)32;;/h4-7,10-11,15,20-21,36-37H,8-9,12-14H2,1-3H3,(H,38,39);;. The van der Waals surface area contributed by atoms with Crippen LogP contribution in [0.15, 0.2) is 36.4 Å². The second-order valence-corrected chi connectivity index (χ2v) is 9.95. The predicted molar refractivity (Wildman–Crippen MR) is 144 cm³/mol. The summed E-state index contributed by atoms with van der Waals surface area (Å²) in [5, 5.41) is 33.7. The molecule has 3 N–H and O–H groups in total. The maximum atomic E-state index is 14.3. The number of nitrogens with zero attached hydrogens (tertiary/aromatic N) is 3. The average Bonchev–Trinajstić information content (AvgIpc) is 3.24. The minimum absolute atomic E-state index is 0. The Labute approximate surface area is 256 Å². The van der Waals surface area contributed by atoms with Crippen molar-refractivity contribution in [1.29, 1.82) is 0 Å². The summed E-state index contributed by atoms with van der Waals surface area (Å²) in [5.41, 5.74) is 1.03. The molecule has 0 saturated heterocycles. The summed E-state index contributed by atoms with van der Waals surface area (Å²) in [6.45, 7) is 3.16. The molecule has 0 aliphatic heterocycles. The van der Waals surface area contributed by atoms with Crippen LogP contribution in [0.25, 0.3) is 5.69 Å². The van der Waals surface area contributed by atoms with Crippen LogP contribution in [0, 0.1) is 23.3 Å². The van der Waals surface area contributed by atoms with Gasteiger partial charge < -0.3 is 20.2 Å². The summed E-state index contributed by atoms with van der Waals surface area (Å²) < 4.78 is 56.8. The van der Waals surface area contributed by atoms with Crippen LogP contribution in [0.4, 0.5) is 17.6 Å². The number of aliphatic hydroxyl groups is 2. The van der Waals surface area contributed by atoms with Crippen LogP contribution in [0.3, 0.4) is 0 Å². The molecule has 3 aromatic rings. The zero-order valence-electron chi connectivity index (χ0n) is 22.2. The number of carbonyl (C=O) groups excluding carboxylic acids is 1. The molecule has 1 amide bonds. The summed E-state index contributed by atoms with van der Waals surface area (Å²) in [7, 11) is 1.33. The van der Waals surface area contributed by atoms with Gasteiger partial charge in [-0.1, -0.05) is 13.8 Å². The zero-order valence-corrected chi connectivity index (χ0v) is 22.2. The van der Waals surface area contributed by atoms with Gasteiger partial charge in [0.25, 0.3) is 5.91 Å². The van der Waals surface area contributed by atoms with Crippen LogP contribution >= 0.6 is 0 Å². The number of aromatic nitrogens is 2. The quantitative estimate of drug-likeness (QED) is 0.169. The van der Waals surface area contributed by atoms with E-state index in [-0.39, 0.29) is 66.0 Å². The molecule has 1 aromatic heterocycles. The number of hydrogen-bond donors (Lipinski definition) is 3. The first-order chi connectivity index (χ1) is 18.8. The van der Waals surface area contributed by atoms with E-state index in [1.54, 1.807) is 13.8 Å². The molecule has 2 atom stereocenters. The van der Waals surface area contributed by atoms with Crippen LogP contribution in [0.1, 0.15) is 66.3 Å². The average molecular weight is 590 g/mol. The zero-order chi connectivity index (χ0) is 29.7. The van der Waals surface area contributed by atoms with Gasteiger partial charge >= 0.3 is 35.5 Å². The van der Waals surface area contributed by atoms with Crippen molar-refractivity contribution in [2.24, 2.45) is 0 Å². The third kappa shape index (κ3) is 8.86. The van der Waals surface area contributed by atoms with Gasteiger partial charge in [-0.15, -0.1) is 0 Å². The van der Waals surface area contributed by atoms with Gasteiger partial charge in [0.2, 0.25) is 0 Å². The molecule has 218 valence electrons. The topological polar surface area (TPSA) is 116 Å². The molecule has 2 unspecified atom stereocenters. The molecule has 41 heavy (non-hydrogen) atoms. The van der Waals surface area contributed by atoms with E-state index in [1.165, 1.54) is 36.0 Å². The summed E-state index contributed by atoms with van der Waals surface area (Å²) >= 11 is 0. The summed E-state index contributed by atoms with van der Waals surface area (Å²) in [6.07, 6.45) is -2.79. The van der Waals surface area contributed by atoms with E-state index in [0.29, 0.717) is 23.0 Å². The number of hydrogen-bond acceptors (Lipinski definition) is 5. The van der Waals surface area contributed by atoms with Crippen molar-refractivity contribution >= 4 is 41.4 Å². The van der Waals surface area contributed by atoms with E-state index in [1.807, 2.05) is 0 Å². The fourth-order valence-electron chi connectivity index (χ4n) is 4.52. The molecule has 0 saturated carbocycles. The van der Waals surface area contributed by atoms with Crippen molar-refractivity contribution in [2.75, 3.05) is 7.05 Å². The normalized spacial score (nSPS) is 12.6. The molecule has 0 radical (unpaired) electrons. The SMILES string of the molecule is CC(C)c1c(C(=O)N(C)Cc2cc(F)cc(F)c2F)nn(-c2ccc(F)cc2)c1CCC(O)CC(O)CC(=O)O.[NaH]. The number of amides is 1. The fourth-order valence-corrected chi connectivity index (χ4v) is 4.52. The van der Waals surface area contributed by atoms with Crippen molar-refractivity contribution in [3.63, 3.8) is 0 Å². The molecule has 0 fully saturated rings. The maximum absolute atomic E-state index is 14.3. The van der Waals surface area contributed by atoms with Gasteiger partial charge in [-0.3, -0.25) is 9.59 Å². The third-order valence-electron chi connectivity index (χ3n) is 6.36. The van der Waals surface area contributed by atoms with Gasteiger partial charge in [-0.2, -0.15) is 5.10 Å². The van der Waals surface area contributed by atoms with Gasteiger partial charge in [0.15, 0.2) is 17.3 Å². The molecular formula is C28H32F4N3NaO5. The number of carboxylic acids is 1. The molecule has 8 nitrogen and oxygen atoms in total. The number of aliphatic hydroxyl groups excluding tert-OH is 2. The van der Waals surface area contributed by atoms with Crippen molar-refractivity contribution in [3.8, 4) is 5.69 Å². The number of benzene rings is 2. The van der Waals surface area contributed by atoms with E-state index in [9.17, 15) is 37.4 Å². The van der Waals surface area contributed by atoms with E-state index in [2.05, 4.69) is 5.10 Å². The Bertz CT molecular complexity index is 1370. The van der Waals surface area contributed by atoms with Crippen molar-refractivity contribution in [2.45, 2.75) is 64.2 Å². The Hall–Kier alpha value is -2.77. The van der Waals surface area contributed by atoms with Crippen molar-refractivity contribution in [3.05, 3.63) is 82.2 Å². The number of aliphatic carboxylic acids is 1. The number of carbonyl (C=O) groups is 2. The second-order valence-electron chi connectivity index (χ2n) is 9.95. The van der Waals surface area contributed by atoms with Gasteiger partial charge in [0.05, 0.1) is 24.3 Å².